The van der Waals surface area contributed by atoms with E-state index in [9.17, 15) is 4.79 Å². The van der Waals surface area contributed by atoms with Crippen molar-refractivity contribution in [3.63, 3.8) is 0 Å². The Labute approximate surface area is 166 Å². The van der Waals surface area contributed by atoms with Gasteiger partial charge < -0.3 is 0 Å². The van der Waals surface area contributed by atoms with E-state index < -0.39 is 0 Å². The third kappa shape index (κ3) is 3.42. The predicted octanol–water partition coefficient (Wildman–Crippen LogP) is 4.82. The monoisotopic (exact) mass is 395 g/mol. The van der Waals surface area contributed by atoms with Gasteiger partial charge in [-0.2, -0.15) is 5.26 Å². The molecule has 27 heavy (non-hydrogen) atoms. The first-order chi connectivity index (χ1) is 13.1. The molecule has 0 bridgehead atoms. The summed E-state index contributed by atoms with van der Waals surface area (Å²) in [5.74, 6) is 1.18. The second-order valence-electron chi connectivity index (χ2n) is 7.24. The maximum Gasteiger partial charge on any atom is 0.267 e. The molecule has 1 aromatic carbocycles. The van der Waals surface area contributed by atoms with Gasteiger partial charge in [0.25, 0.3) is 5.56 Å². The van der Waals surface area contributed by atoms with Crippen LogP contribution in [0.1, 0.15) is 30.7 Å². The van der Waals surface area contributed by atoms with Gasteiger partial charge >= 0.3 is 0 Å². The van der Waals surface area contributed by atoms with Crippen molar-refractivity contribution in [2.24, 2.45) is 11.8 Å². The molecule has 4 nitrogen and oxygen atoms in total. The van der Waals surface area contributed by atoms with Crippen molar-refractivity contribution in [2.75, 3.05) is 5.75 Å². The minimum Gasteiger partial charge on any atom is -0.268 e. The fourth-order valence-corrected chi connectivity index (χ4v) is 5.89. The number of fused-ring (bicyclic) bond motifs is 3. The highest BCUT2D eigenvalue weighted by molar-refractivity contribution is 7.99. The summed E-state index contributed by atoms with van der Waals surface area (Å²) in [5, 5.41) is 10.6. The molecule has 2 aromatic heterocycles. The Bertz CT molecular complexity index is 1080. The number of hydrogen-bond acceptors (Lipinski definition) is 5. The summed E-state index contributed by atoms with van der Waals surface area (Å²) < 4.78 is 1.72. The van der Waals surface area contributed by atoms with E-state index in [-0.39, 0.29) is 11.5 Å². The Morgan fingerprint density at radius 3 is 2.93 bits per heavy atom. The van der Waals surface area contributed by atoms with Crippen molar-refractivity contribution in [3.05, 3.63) is 51.1 Å². The predicted molar refractivity (Wildman–Crippen MR) is 112 cm³/mol. The molecule has 0 saturated carbocycles. The molecule has 2 atom stereocenters. The molecule has 0 amide bonds. The van der Waals surface area contributed by atoms with Crippen molar-refractivity contribution in [1.82, 2.24) is 9.55 Å². The number of thiophene rings is 1. The van der Waals surface area contributed by atoms with E-state index in [1.807, 2.05) is 37.3 Å². The second-order valence-corrected chi connectivity index (χ2v) is 9.31. The third-order valence-electron chi connectivity index (χ3n) is 5.00. The van der Waals surface area contributed by atoms with E-state index in [0.717, 1.165) is 35.2 Å². The average molecular weight is 396 g/mol. The van der Waals surface area contributed by atoms with E-state index in [4.69, 9.17) is 10.2 Å². The van der Waals surface area contributed by atoms with Gasteiger partial charge in [0.05, 0.1) is 23.1 Å². The van der Waals surface area contributed by atoms with Gasteiger partial charge in [-0.3, -0.25) is 9.36 Å². The van der Waals surface area contributed by atoms with E-state index in [1.54, 1.807) is 15.9 Å². The molecular formula is C21H21N3OS2. The molecule has 0 fully saturated rings. The summed E-state index contributed by atoms with van der Waals surface area (Å²) in [6.45, 7) is 4.16. The summed E-state index contributed by atoms with van der Waals surface area (Å²) in [5.41, 5.74) is 2.05. The van der Waals surface area contributed by atoms with E-state index in [0.29, 0.717) is 16.8 Å². The first kappa shape index (κ1) is 18.3. The van der Waals surface area contributed by atoms with Gasteiger partial charge in [-0.05, 0) is 49.8 Å². The molecule has 0 aliphatic heterocycles. The van der Waals surface area contributed by atoms with Gasteiger partial charge in [0, 0.05) is 10.6 Å². The Morgan fingerprint density at radius 1 is 1.41 bits per heavy atom. The van der Waals surface area contributed by atoms with Crippen LogP contribution in [0.4, 0.5) is 0 Å². The van der Waals surface area contributed by atoms with Gasteiger partial charge in [0.2, 0.25) is 0 Å². The molecule has 0 spiro atoms. The second kappa shape index (κ2) is 7.49. The van der Waals surface area contributed by atoms with Crippen LogP contribution in [-0.2, 0) is 12.8 Å². The lowest BCUT2D eigenvalue weighted by Gasteiger charge is -2.18. The summed E-state index contributed by atoms with van der Waals surface area (Å²) in [6, 6.07) is 11.9. The van der Waals surface area contributed by atoms with Crippen molar-refractivity contribution in [2.45, 2.75) is 38.3 Å². The standard InChI is InChI=1S/C21H21N3OS2/c1-13-8-9-16-17(10-13)27-19-18(16)20(25)24(15-6-4-3-5-7-15)21(23-19)26-12-14(2)11-22/h3-7,13-14H,8-10,12H2,1-2H3/t13-,14+/m0/s1. The number of thioether (sulfide) groups is 1. The highest BCUT2D eigenvalue weighted by atomic mass is 32.2. The number of nitriles is 1. The Morgan fingerprint density at radius 2 is 2.19 bits per heavy atom. The maximum atomic E-state index is 13.5. The topological polar surface area (TPSA) is 58.7 Å². The van der Waals surface area contributed by atoms with Gasteiger partial charge in [0.1, 0.15) is 4.83 Å². The van der Waals surface area contributed by atoms with Crippen LogP contribution in [0.15, 0.2) is 40.3 Å². The number of rotatable bonds is 4. The highest BCUT2D eigenvalue weighted by Crippen LogP contribution is 2.37. The lowest BCUT2D eigenvalue weighted by Crippen LogP contribution is -2.22. The van der Waals surface area contributed by atoms with Crippen LogP contribution in [0.2, 0.25) is 0 Å². The van der Waals surface area contributed by atoms with Gasteiger partial charge in [-0.15, -0.1) is 11.3 Å². The van der Waals surface area contributed by atoms with Crippen LogP contribution in [-0.4, -0.2) is 15.3 Å². The molecule has 0 saturated heterocycles. The number of hydrogen-bond donors (Lipinski definition) is 0. The van der Waals surface area contributed by atoms with Crippen LogP contribution >= 0.6 is 23.1 Å². The molecule has 6 heteroatoms. The number of benzene rings is 1. The van der Waals surface area contributed by atoms with Gasteiger partial charge in [-0.25, -0.2) is 4.98 Å². The third-order valence-corrected chi connectivity index (χ3v) is 7.34. The van der Waals surface area contributed by atoms with Crippen molar-refractivity contribution in [3.8, 4) is 11.8 Å². The minimum atomic E-state index is -0.0933. The quantitative estimate of drug-likeness (QED) is 0.469. The zero-order chi connectivity index (χ0) is 19.0. The maximum absolute atomic E-state index is 13.5. The zero-order valence-electron chi connectivity index (χ0n) is 15.4. The number of aromatic nitrogens is 2. The van der Waals surface area contributed by atoms with Crippen molar-refractivity contribution in [1.29, 1.82) is 5.26 Å². The van der Waals surface area contributed by atoms with Crippen molar-refractivity contribution >= 4 is 33.3 Å². The Balaban J connectivity index is 1.92. The van der Waals surface area contributed by atoms with Gasteiger partial charge in [-0.1, -0.05) is 36.9 Å². The Hall–Kier alpha value is -2.10. The van der Waals surface area contributed by atoms with Crippen LogP contribution in [0, 0.1) is 23.2 Å². The van der Waals surface area contributed by atoms with Crippen LogP contribution < -0.4 is 5.56 Å². The van der Waals surface area contributed by atoms with Crippen molar-refractivity contribution < 1.29 is 0 Å². The summed E-state index contributed by atoms with van der Waals surface area (Å²) >= 11 is 3.16. The fourth-order valence-electron chi connectivity index (χ4n) is 3.51. The van der Waals surface area contributed by atoms with E-state index >= 15 is 0 Å². The zero-order valence-corrected chi connectivity index (χ0v) is 17.1. The Kier molecular flexibility index (Phi) is 5.07. The van der Waals surface area contributed by atoms with Crippen LogP contribution in [0.3, 0.4) is 0 Å². The van der Waals surface area contributed by atoms with Gasteiger partial charge in [0.15, 0.2) is 5.16 Å². The minimum absolute atomic E-state index is 0.0189. The smallest absolute Gasteiger partial charge is 0.267 e. The van der Waals surface area contributed by atoms with Crippen LogP contribution in [0.5, 0.6) is 0 Å². The molecule has 3 aromatic rings. The molecule has 0 radical (unpaired) electrons. The fraction of sp³-hybridized carbons (Fsp3) is 0.381. The highest BCUT2D eigenvalue weighted by Gasteiger charge is 2.25. The lowest BCUT2D eigenvalue weighted by atomic mass is 9.89. The molecule has 1 aliphatic rings. The average Bonchev–Trinajstić information content (AvgIpc) is 3.04. The number of aryl methyl sites for hydroxylation is 1. The lowest BCUT2D eigenvalue weighted by molar-refractivity contribution is 0.509. The molecular weight excluding hydrogens is 374 g/mol. The first-order valence-corrected chi connectivity index (χ1v) is 11.0. The van der Waals surface area contributed by atoms with Crippen LogP contribution in [0.25, 0.3) is 15.9 Å². The molecule has 2 heterocycles. The van der Waals surface area contributed by atoms with E-state index in [1.165, 1.54) is 22.2 Å². The summed E-state index contributed by atoms with van der Waals surface area (Å²) in [7, 11) is 0. The summed E-state index contributed by atoms with van der Waals surface area (Å²) in [6.07, 6.45) is 3.12. The summed E-state index contributed by atoms with van der Waals surface area (Å²) in [4.78, 5) is 20.6. The van der Waals surface area contributed by atoms with E-state index in [2.05, 4.69) is 13.0 Å². The molecule has 4 rings (SSSR count). The number of nitrogens with zero attached hydrogens (tertiary/aromatic N) is 3. The molecule has 0 N–H and O–H groups in total. The molecule has 1 aliphatic carbocycles. The largest absolute Gasteiger partial charge is 0.268 e. The molecule has 138 valence electrons. The normalized spacial score (nSPS) is 17.4. The SMILES string of the molecule is C[C@H]1CCc2c(sc3nc(SC[C@H](C)C#N)n(-c4ccccc4)c(=O)c23)C1. The first-order valence-electron chi connectivity index (χ1n) is 9.23. The number of para-hydroxylation sites is 1. The molecule has 0 unspecified atom stereocenters.